The molecule has 1 aliphatic carbocycles. The van der Waals surface area contributed by atoms with Crippen molar-refractivity contribution in [3.8, 4) is 0 Å². The van der Waals surface area contributed by atoms with Crippen molar-refractivity contribution in [2.45, 2.75) is 11.2 Å². The van der Waals surface area contributed by atoms with Gasteiger partial charge in [0.25, 0.3) is 0 Å². The van der Waals surface area contributed by atoms with Crippen molar-refractivity contribution in [1.82, 2.24) is 0 Å². The molecule has 0 aromatic heterocycles. The van der Waals surface area contributed by atoms with Gasteiger partial charge in [-0.1, -0.05) is 46.3 Å². The fourth-order valence-corrected chi connectivity index (χ4v) is 1.53. The summed E-state index contributed by atoms with van der Waals surface area (Å²) in [5, 5.41) is 0. The maximum absolute atomic E-state index is 3.76. The highest BCUT2D eigenvalue weighted by Gasteiger charge is 2.25. The third-order valence-electron chi connectivity index (χ3n) is 1.76. The zero-order valence-corrected chi connectivity index (χ0v) is 7.64. The van der Waals surface area contributed by atoms with E-state index < -0.39 is 0 Å². The molecule has 0 radical (unpaired) electrons. The Morgan fingerprint density at radius 2 is 2.30 bits per heavy atom. The zero-order valence-electron chi connectivity index (χ0n) is 6.05. The molecule has 0 spiro atoms. The van der Waals surface area contributed by atoms with Crippen molar-refractivity contribution in [3.05, 3.63) is 37.0 Å². The van der Waals surface area contributed by atoms with Gasteiger partial charge < -0.3 is 0 Å². The maximum Gasteiger partial charge on any atom is 0.0508 e. The Balaban J connectivity index is 2.84. The summed E-state index contributed by atoms with van der Waals surface area (Å²) in [7, 11) is 0. The van der Waals surface area contributed by atoms with Crippen LogP contribution >= 0.6 is 15.9 Å². The van der Waals surface area contributed by atoms with Crippen LogP contribution in [0.5, 0.6) is 0 Å². The summed E-state index contributed by atoms with van der Waals surface area (Å²) in [5.41, 5.74) is 0. The van der Waals surface area contributed by atoms with E-state index in [2.05, 4.69) is 53.7 Å². The van der Waals surface area contributed by atoms with Gasteiger partial charge >= 0.3 is 0 Å². The highest BCUT2D eigenvalue weighted by atomic mass is 79.9. The first kappa shape index (κ1) is 7.80. The summed E-state index contributed by atoms with van der Waals surface area (Å²) >= 11 is 3.61. The van der Waals surface area contributed by atoms with Crippen LogP contribution in [-0.4, -0.2) is 4.32 Å². The molecule has 2 atom stereocenters. The highest BCUT2D eigenvalue weighted by Crippen LogP contribution is 2.33. The molecule has 0 heterocycles. The number of halogens is 1. The predicted octanol–water partition coefficient (Wildman–Crippen LogP) is 3.07. The van der Waals surface area contributed by atoms with Crippen LogP contribution < -0.4 is 0 Å². The molecule has 1 rings (SSSR count). The van der Waals surface area contributed by atoms with Crippen LogP contribution in [-0.2, 0) is 0 Å². The van der Waals surface area contributed by atoms with Crippen LogP contribution in [0.2, 0.25) is 0 Å². The third kappa shape index (κ3) is 1.40. The summed E-state index contributed by atoms with van der Waals surface area (Å²) in [6.07, 6.45) is 10.3. The smallest absolute Gasteiger partial charge is 0.0508 e. The van der Waals surface area contributed by atoms with Crippen molar-refractivity contribution in [1.29, 1.82) is 0 Å². The molecular formula is C9H11Br. The minimum absolute atomic E-state index is 0.0729. The summed E-state index contributed by atoms with van der Waals surface area (Å²) in [6, 6.07) is 0. The van der Waals surface area contributed by atoms with E-state index in [4.69, 9.17) is 0 Å². The summed E-state index contributed by atoms with van der Waals surface area (Å²) in [4.78, 5) is 0. The molecule has 0 fully saturated rings. The minimum Gasteiger partial charge on any atom is -0.102 e. The molecule has 1 heteroatoms. The zero-order chi connectivity index (χ0) is 7.61. The van der Waals surface area contributed by atoms with E-state index in [9.17, 15) is 0 Å². The standard InChI is InChI=1S/C9H11Br/c1-3-8-6-4-5-7-9(8,2)10/h3-8H,1H2,2H3. The third-order valence-corrected chi connectivity index (χ3v) is 2.55. The van der Waals surface area contributed by atoms with Crippen LogP contribution in [0.15, 0.2) is 37.0 Å². The molecule has 0 aromatic rings. The van der Waals surface area contributed by atoms with Crippen molar-refractivity contribution >= 4 is 15.9 Å². The average molecular weight is 199 g/mol. The lowest BCUT2D eigenvalue weighted by Gasteiger charge is -2.26. The van der Waals surface area contributed by atoms with Gasteiger partial charge in [0, 0.05) is 5.92 Å². The van der Waals surface area contributed by atoms with Gasteiger partial charge in [0.2, 0.25) is 0 Å². The first-order valence-electron chi connectivity index (χ1n) is 3.34. The van der Waals surface area contributed by atoms with E-state index in [1.165, 1.54) is 0 Å². The van der Waals surface area contributed by atoms with Crippen LogP contribution in [0.25, 0.3) is 0 Å². The maximum atomic E-state index is 3.76. The number of hydrogen-bond acceptors (Lipinski definition) is 0. The van der Waals surface area contributed by atoms with E-state index in [1.54, 1.807) is 0 Å². The fourth-order valence-electron chi connectivity index (χ4n) is 1.04. The molecule has 1 aliphatic rings. The van der Waals surface area contributed by atoms with Gasteiger partial charge in [0.05, 0.1) is 4.32 Å². The SMILES string of the molecule is C=CC1C=CC=CC1(C)Br. The molecule has 0 bridgehead atoms. The van der Waals surface area contributed by atoms with Crippen LogP contribution in [0.3, 0.4) is 0 Å². The molecule has 0 saturated heterocycles. The second kappa shape index (κ2) is 2.75. The molecule has 10 heavy (non-hydrogen) atoms. The van der Waals surface area contributed by atoms with Gasteiger partial charge in [-0.25, -0.2) is 0 Å². The van der Waals surface area contributed by atoms with Gasteiger partial charge in [0.15, 0.2) is 0 Å². The summed E-state index contributed by atoms with van der Waals surface area (Å²) in [6.45, 7) is 5.90. The Labute approximate surface area is 70.5 Å². The molecule has 0 aliphatic heterocycles. The van der Waals surface area contributed by atoms with E-state index >= 15 is 0 Å². The largest absolute Gasteiger partial charge is 0.102 e. The fraction of sp³-hybridized carbons (Fsp3) is 0.333. The lowest BCUT2D eigenvalue weighted by Crippen LogP contribution is -2.23. The number of alkyl halides is 1. The monoisotopic (exact) mass is 198 g/mol. The molecule has 0 N–H and O–H groups in total. The molecule has 0 nitrogen and oxygen atoms in total. The lowest BCUT2D eigenvalue weighted by atomic mass is 9.90. The first-order chi connectivity index (χ1) is 4.67. The summed E-state index contributed by atoms with van der Waals surface area (Å²) < 4.78 is 0.0729. The second-order valence-electron chi connectivity index (χ2n) is 2.66. The minimum atomic E-state index is 0.0729. The number of hydrogen-bond donors (Lipinski definition) is 0. The molecule has 0 amide bonds. The normalized spacial score (nSPS) is 38.0. The van der Waals surface area contributed by atoms with E-state index in [0.717, 1.165) is 0 Å². The molecular weight excluding hydrogens is 188 g/mol. The van der Waals surface area contributed by atoms with Crippen molar-refractivity contribution in [2.24, 2.45) is 5.92 Å². The van der Waals surface area contributed by atoms with Crippen molar-refractivity contribution < 1.29 is 0 Å². The Bertz CT molecular complexity index is 187. The Morgan fingerprint density at radius 1 is 1.60 bits per heavy atom. The lowest BCUT2D eigenvalue weighted by molar-refractivity contribution is 0.673. The van der Waals surface area contributed by atoms with Gasteiger partial charge in [-0.05, 0) is 6.92 Å². The van der Waals surface area contributed by atoms with E-state index in [0.29, 0.717) is 5.92 Å². The van der Waals surface area contributed by atoms with E-state index in [-0.39, 0.29) is 4.32 Å². The number of rotatable bonds is 1. The molecule has 54 valence electrons. The number of allylic oxidation sites excluding steroid dienone is 5. The topological polar surface area (TPSA) is 0 Å². The quantitative estimate of drug-likeness (QED) is 0.449. The molecule has 2 unspecified atom stereocenters. The summed E-state index contributed by atoms with van der Waals surface area (Å²) in [5.74, 6) is 0.414. The van der Waals surface area contributed by atoms with Crippen molar-refractivity contribution in [3.63, 3.8) is 0 Å². The average Bonchev–Trinajstić information content (AvgIpc) is 1.87. The predicted molar refractivity (Wildman–Crippen MR) is 49.3 cm³/mol. The van der Waals surface area contributed by atoms with Gasteiger partial charge in [-0.2, -0.15) is 0 Å². The molecule has 0 aromatic carbocycles. The first-order valence-corrected chi connectivity index (χ1v) is 4.13. The highest BCUT2D eigenvalue weighted by molar-refractivity contribution is 9.10. The van der Waals surface area contributed by atoms with Crippen LogP contribution in [0.4, 0.5) is 0 Å². The Hall–Kier alpha value is -0.300. The second-order valence-corrected chi connectivity index (χ2v) is 4.37. The van der Waals surface area contributed by atoms with Gasteiger partial charge in [-0.15, -0.1) is 6.58 Å². The van der Waals surface area contributed by atoms with Gasteiger partial charge in [-0.3, -0.25) is 0 Å². The van der Waals surface area contributed by atoms with Crippen LogP contribution in [0, 0.1) is 5.92 Å². The van der Waals surface area contributed by atoms with Gasteiger partial charge in [0.1, 0.15) is 0 Å². The van der Waals surface area contributed by atoms with Crippen LogP contribution in [0.1, 0.15) is 6.92 Å². The molecule has 0 saturated carbocycles. The van der Waals surface area contributed by atoms with Crippen molar-refractivity contribution in [2.75, 3.05) is 0 Å². The van der Waals surface area contributed by atoms with E-state index in [1.807, 2.05) is 6.08 Å². The Kier molecular flexibility index (Phi) is 2.14. The Morgan fingerprint density at radius 3 is 2.70 bits per heavy atom.